The van der Waals surface area contributed by atoms with Gasteiger partial charge in [-0.3, -0.25) is 14.5 Å². The van der Waals surface area contributed by atoms with Crippen molar-refractivity contribution in [2.75, 3.05) is 11.5 Å². The van der Waals surface area contributed by atoms with Crippen LogP contribution in [0.3, 0.4) is 0 Å². The number of benzene rings is 2. The summed E-state index contributed by atoms with van der Waals surface area (Å²) >= 11 is 1.30. The van der Waals surface area contributed by atoms with Crippen molar-refractivity contribution in [3.8, 4) is 5.75 Å². The van der Waals surface area contributed by atoms with Crippen LogP contribution in [0.5, 0.6) is 5.75 Å². The number of unbranched alkanes of at least 4 members (excludes halogenated alkanes) is 1. The molecule has 0 bridgehead atoms. The number of nitrogens with zero attached hydrogens (tertiary/aromatic N) is 3. The number of para-hydroxylation sites is 1. The first kappa shape index (κ1) is 20.4. The maximum Gasteiger partial charge on any atom is 0.297 e. The number of amides is 1. The van der Waals surface area contributed by atoms with E-state index < -0.39 is 11.9 Å². The zero-order valence-corrected chi connectivity index (χ0v) is 18.5. The Morgan fingerprint density at radius 3 is 2.59 bits per heavy atom. The van der Waals surface area contributed by atoms with Crippen LogP contribution in [-0.2, 0) is 0 Å². The number of carbonyl (C=O) groups is 1. The molecule has 1 aliphatic rings. The number of rotatable bonds is 6. The Bertz CT molecular complexity index is 1360. The maximum atomic E-state index is 13.5. The van der Waals surface area contributed by atoms with Gasteiger partial charge in [-0.05, 0) is 43.2 Å². The third-order valence-corrected chi connectivity index (χ3v) is 6.30. The van der Waals surface area contributed by atoms with Crippen LogP contribution in [0.25, 0.3) is 11.0 Å². The number of ether oxygens (including phenoxy) is 1. The number of fused-ring (bicyclic) bond motifs is 2. The topological polar surface area (TPSA) is 85.5 Å². The van der Waals surface area contributed by atoms with Crippen LogP contribution in [0.2, 0.25) is 0 Å². The summed E-state index contributed by atoms with van der Waals surface area (Å²) in [5, 5.41) is 9.84. The summed E-state index contributed by atoms with van der Waals surface area (Å²) in [5.74, 6) is 0.401. The van der Waals surface area contributed by atoms with Gasteiger partial charge < -0.3 is 9.15 Å². The molecule has 2 aromatic carbocycles. The van der Waals surface area contributed by atoms with E-state index in [0.717, 1.165) is 29.2 Å². The van der Waals surface area contributed by atoms with Gasteiger partial charge in [0.25, 0.3) is 5.91 Å². The molecule has 32 heavy (non-hydrogen) atoms. The molecule has 1 amide bonds. The predicted octanol–water partition coefficient (Wildman–Crippen LogP) is 4.88. The average Bonchev–Trinajstić information content (AvgIpc) is 3.36. The average molecular weight is 448 g/mol. The molecule has 1 aliphatic heterocycles. The molecular weight excluding hydrogens is 426 g/mol. The van der Waals surface area contributed by atoms with Crippen LogP contribution in [0.1, 0.15) is 52.5 Å². The van der Waals surface area contributed by atoms with E-state index >= 15 is 0 Å². The van der Waals surface area contributed by atoms with Crippen molar-refractivity contribution in [3.05, 3.63) is 80.6 Å². The fraction of sp³-hybridized carbons (Fsp3) is 0.250. The van der Waals surface area contributed by atoms with Crippen molar-refractivity contribution < 1.29 is 13.9 Å². The molecule has 0 saturated carbocycles. The zero-order chi connectivity index (χ0) is 22.2. The third-order valence-electron chi connectivity index (χ3n) is 5.46. The molecule has 2 aromatic heterocycles. The fourth-order valence-electron chi connectivity index (χ4n) is 3.90. The van der Waals surface area contributed by atoms with Crippen LogP contribution in [-0.4, -0.2) is 22.7 Å². The number of carbonyl (C=O) groups excluding carboxylic acids is 1. The van der Waals surface area contributed by atoms with Crippen LogP contribution >= 0.6 is 11.3 Å². The highest BCUT2D eigenvalue weighted by Gasteiger charge is 2.45. The molecule has 8 heteroatoms. The highest BCUT2D eigenvalue weighted by molar-refractivity contribution is 7.15. The molecule has 0 aliphatic carbocycles. The standard InChI is InChI=1S/C24H21N3O4S/c1-3-4-13-30-16-11-9-15(10-12-16)20-19-21(28)17-7-5-6-8-18(17)31-22(19)23(29)27(20)24-26-25-14(2)32-24/h5-12,20H,3-4,13H2,1-2H3/t20-/m0/s1. The summed E-state index contributed by atoms with van der Waals surface area (Å²) in [6, 6.07) is 13.8. The van der Waals surface area contributed by atoms with Crippen molar-refractivity contribution in [2.24, 2.45) is 0 Å². The highest BCUT2D eigenvalue weighted by atomic mass is 32.1. The first-order valence-corrected chi connectivity index (χ1v) is 11.3. The molecular formula is C24H21N3O4S. The lowest BCUT2D eigenvalue weighted by Gasteiger charge is -2.22. The highest BCUT2D eigenvalue weighted by Crippen LogP contribution is 2.42. The molecule has 162 valence electrons. The van der Waals surface area contributed by atoms with E-state index in [1.807, 2.05) is 31.2 Å². The Morgan fingerprint density at radius 1 is 1.09 bits per heavy atom. The first-order valence-electron chi connectivity index (χ1n) is 10.5. The van der Waals surface area contributed by atoms with Gasteiger partial charge >= 0.3 is 0 Å². The normalized spacial score (nSPS) is 15.4. The minimum Gasteiger partial charge on any atom is -0.494 e. The Balaban J connectivity index is 1.65. The summed E-state index contributed by atoms with van der Waals surface area (Å²) in [7, 11) is 0. The number of aromatic nitrogens is 2. The molecule has 0 radical (unpaired) electrons. The second-order valence-electron chi connectivity index (χ2n) is 7.62. The Labute approximate surface area is 188 Å². The SMILES string of the molecule is CCCCOc1ccc([C@H]2c3c(oc4ccccc4c3=O)C(=O)N2c2nnc(C)s2)cc1. The summed E-state index contributed by atoms with van der Waals surface area (Å²) in [5.41, 5.74) is 1.27. The van der Waals surface area contributed by atoms with Gasteiger partial charge in [0.15, 0.2) is 5.43 Å². The van der Waals surface area contributed by atoms with Crippen molar-refractivity contribution in [2.45, 2.75) is 32.7 Å². The summed E-state index contributed by atoms with van der Waals surface area (Å²) in [4.78, 5) is 28.4. The Morgan fingerprint density at radius 2 is 1.88 bits per heavy atom. The Hall–Kier alpha value is -3.52. The molecule has 5 rings (SSSR count). The number of aryl methyl sites for hydroxylation is 1. The molecule has 0 spiro atoms. The van der Waals surface area contributed by atoms with Crippen LogP contribution in [0.15, 0.2) is 57.7 Å². The zero-order valence-electron chi connectivity index (χ0n) is 17.7. The summed E-state index contributed by atoms with van der Waals surface area (Å²) in [6.07, 6.45) is 2.03. The lowest BCUT2D eigenvalue weighted by atomic mass is 9.98. The molecule has 7 nitrogen and oxygen atoms in total. The van der Waals surface area contributed by atoms with E-state index in [2.05, 4.69) is 17.1 Å². The molecule has 0 unspecified atom stereocenters. The second-order valence-corrected chi connectivity index (χ2v) is 8.78. The van der Waals surface area contributed by atoms with E-state index in [0.29, 0.717) is 28.3 Å². The lowest BCUT2D eigenvalue weighted by molar-refractivity contribution is 0.0970. The van der Waals surface area contributed by atoms with Gasteiger partial charge in [-0.1, -0.05) is 48.9 Å². The molecule has 1 atom stereocenters. The minimum atomic E-state index is -0.657. The lowest BCUT2D eigenvalue weighted by Crippen LogP contribution is -2.29. The minimum absolute atomic E-state index is 0.0508. The van der Waals surface area contributed by atoms with Crippen molar-refractivity contribution in [1.82, 2.24) is 10.2 Å². The Kier molecular flexibility index (Phi) is 5.22. The quantitative estimate of drug-likeness (QED) is 0.392. The number of hydrogen-bond donors (Lipinski definition) is 0. The first-order chi connectivity index (χ1) is 15.6. The summed E-state index contributed by atoms with van der Waals surface area (Å²) < 4.78 is 11.7. The van der Waals surface area contributed by atoms with Gasteiger partial charge in [0.1, 0.15) is 16.3 Å². The molecule has 3 heterocycles. The van der Waals surface area contributed by atoms with Gasteiger partial charge in [-0.2, -0.15) is 0 Å². The van der Waals surface area contributed by atoms with E-state index in [1.54, 1.807) is 24.3 Å². The van der Waals surface area contributed by atoms with Crippen molar-refractivity contribution in [3.63, 3.8) is 0 Å². The molecule has 0 N–H and O–H groups in total. The van der Waals surface area contributed by atoms with Gasteiger partial charge in [0.2, 0.25) is 10.9 Å². The second kappa shape index (κ2) is 8.20. The van der Waals surface area contributed by atoms with Crippen molar-refractivity contribution in [1.29, 1.82) is 0 Å². The van der Waals surface area contributed by atoms with Crippen LogP contribution in [0.4, 0.5) is 5.13 Å². The largest absolute Gasteiger partial charge is 0.494 e. The monoisotopic (exact) mass is 447 g/mol. The molecule has 0 fully saturated rings. The van der Waals surface area contributed by atoms with Gasteiger partial charge in [-0.25, -0.2) is 0 Å². The van der Waals surface area contributed by atoms with E-state index in [9.17, 15) is 9.59 Å². The maximum absolute atomic E-state index is 13.5. The molecule has 4 aromatic rings. The van der Waals surface area contributed by atoms with E-state index in [1.165, 1.54) is 16.2 Å². The third kappa shape index (κ3) is 3.36. The predicted molar refractivity (Wildman–Crippen MR) is 123 cm³/mol. The summed E-state index contributed by atoms with van der Waals surface area (Å²) in [6.45, 7) is 4.58. The smallest absolute Gasteiger partial charge is 0.297 e. The van der Waals surface area contributed by atoms with Crippen LogP contribution < -0.4 is 15.1 Å². The van der Waals surface area contributed by atoms with E-state index in [-0.39, 0.29) is 11.2 Å². The van der Waals surface area contributed by atoms with Crippen molar-refractivity contribution >= 4 is 33.3 Å². The van der Waals surface area contributed by atoms with E-state index in [4.69, 9.17) is 9.15 Å². The molecule has 0 saturated heterocycles. The van der Waals surface area contributed by atoms with Gasteiger partial charge in [0.05, 0.1) is 23.6 Å². The van der Waals surface area contributed by atoms with Crippen LogP contribution in [0, 0.1) is 6.92 Å². The number of anilines is 1. The van der Waals surface area contributed by atoms with Gasteiger partial charge in [0, 0.05) is 0 Å². The fourth-order valence-corrected chi connectivity index (χ4v) is 4.61. The van der Waals surface area contributed by atoms with Gasteiger partial charge in [-0.15, -0.1) is 10.2 Å². The number of hydrogen-bond acceptors (Lipinski definition) is 7.